The first-order valence-electron chi connectivity index (χ1n) is 8.43. The second kappa shape index (κ2) is 7.99. The topological polar surface area (TPSA) is 58.4 Å². The highest BCUT2D eigenvalue weighted by atomic mass is 16.1. The molecule has 3 unspecified atom stereocenters. The van der Waals surface area contributed by atoms with Gasteiger partial charge >= 0.3 is 0 Å². The maximum Gasteiger partial charge on any atom is 0.223 e. The van der Waals surface area contributed by atoms with E-state index in [0.717, 1.165) is 45.4 Å². The van der Waals surface area contributed by atoms with Crippen LogP contribution >= 0.6 is 0 Å². The van der Waals surface area contributed by atoms with Crippen molar-refractivity contribution in [2.45, 2.75) is 45.4 Å². The fourth-order valence-electron chi connectivity index (χ4n) is 3.78. The minimum absolute atomic E-state index is 0.240. The number of nitrogens with two attached hydrogens (primary N) is 1. The number of likely N-dealkylation sites (tertiary alicyclic amines) is 1. The summed E-state index contributed by atoms with van der Waals surface area (Å²) in [6.45, 7) is 7.31. The molecule has 0 aromatic carbocycles. The second-order valence-corrected chi connectivity index (χ2v) is 6.60. The molecule has 20 heavy (non-hydrogen) atoms. The van der Waals surface area contributed by atoms with Gasteiger partial charge in [-0.05, 0) is 57.2 Å². The Hall–Kier alpha value is -0.610. The second-order valence-electron chi connectivity index (χ2n) is 6.60. The summed E-state index contributed by atoms with van der Waals surface area (Å²) >= 11 is 0. The van der Waals surface area contributed by atoms with Crippen LogP contribution in [0.4, 0.5) is 0 Å². The van der Waals surface area contributed by atoms with Crippen molar-refractivity contribution in [2.24, 2.45) is 23.5 Å². The van der Waals surface area contributed by atoms with E-state index in [4.69, 9.17) is 5.73 Å². The van der Waals surface area contributed by atoms with Gasteiger partial charge in [0.25, 0.3) is 0 Å². The Kier molecular flexibility index (Phi) is 6.30. The third-order valence-corrected chi connectivity index (χ3v) is 5.11. The van der Waals surface area contributed by atoms with Crippen LogP contribution in [0.25, 0.3) is 0 Å². The molecule has 4 heteroatoms. The summed E-state index contributed by atoms with van der Waals surface area (Å²) in [5, 5.41) is 3.20. The van der Waals surface area contributed by atoms with Crippen LogP contribution in [-0.2, 0) is 4.79 Å². The van der Waals surface area contributed by atoms with Crippen LogP contribution in [0, 0.1) is 17.8 Å². The van der Waals surface area contributed by atoms with Crippen molar-refractivity contribution in [3.05, 3.63) is 0 Å². The molecule has 2 fully saturated rings. The minimum atomic E-state index is 0.240. The van der Waals surface area contributed by atoms with Crippen molar-refractivity contribution in [2.75, 3.05) is 32.7 Å². The van der Waals surface area contributed by atoms with Gasteiger partial charge in [-0.15, -0.1) is 0 Å². The standard InChI is InChI=1S/C16H31N3O/c1-2-19-9-7-14(12-19)11-18-16(20)15-5-3-4-13(10-15)6-8-17/h13-15H,2-12,17H2,1H3,(H,18,20). The van der Waals surface area contributed by atoms with E-state index in [1.807, 2.05) is 0 Å². The third-order valence-electron chi connectivity index (χ3n) is 5.11. The van der Waals surface area contributed by atoms with E-state index >= 15 is 0 Å². The Morgan fingerprint density at radius 1 is 1.30 bits per heavy atom. The summed E-state index contributed by atoms with van der Waals surface area (Å²) in [6, 6.07) is 0. The number of carbonyl (C=O) groups is 1. The number of carbonyl (C=O) groups excluding carboxylic acids is 1. The third kappa shape index (κ3) is 4.45. The van der Waals surface area contributed by atoms with Crippen LogP contribution < -0.4 is 11.1 Å². The van der Waals surface area contributed by atoms with Gasteiger partial charge in [0.1, 0.15) is 0 Å². The Morgan fingerprint density at radius 3 is 2.85 bits per heavy atom. The minimum Gasteiger partial charge on any atom is -0.356 e. The highest BCUT2D eigenvalue weighted by Crippen LogP contribution is 2.31. The summed E-state index contributed by atoms with van der Waals surface area (Å²) in [6.07, 6.45) is 6.88. The Labute approximate surface area is 123 Å². The molecule has 1 heterocycles. The smallest absolute Gasteiger partial charge is 0.223 e. The number of amides is 1. The van der Waals surface area contributed by atoms with Crippen LogP contribution in [0.5, 0.6) is 0 Å². The fourth-order valence-corrected chi connectivity index (χ4v) is 3.78. The average Bonchev–Trinajstić information content (AvgIpc) is 2.93. The van der Waals surface area contributed by atoms with Crippen LogP contribution in [0.2, 0.25) is 0 Å². The van der Waals surface area contributed by atoms with Gasteiger partial charge in [-0.2, -0.15) is 0 Å². The highest BCUT2D eigenvalue weighted by Gasteiger charge is 2.28. The molecule has 1 saturated heterocycles. The molecule has 2 rings (SSSR count). The molecule has 1 amide bonds. The molecule has 0 bridgehead atoms. The van der Waals surface area contributed by atoms with Gasteiger partial charge in [0, 0.05) is 19.0 Å². The van der Waals surface area contributed by atoms with Crippen molar-refractivity contribution in [3.8, 4) is 0 Å². The summed E-state index contributed by atoms with van der Waals surface area (Å²) < 4.78 is 0. The number of nitrogens with zero attached hydrogens (tertiary/aromatic N) is 1. The molecule has 1 aliphatic carbocycles. The Balaban J connectivity index is 1.69. The highest BCUT2D eigenvalue weighted by molar-refractivity contribution is 5.78. The zero-order chi connectivity index (χ0) is 14.4. The van der Waals surface area contributed by atoms with Crippen molar-refractivity contribution in [1.82, 2.24) is 10.2 Å². The van der Waals surface area contributed by atoms with Crippen LogP contribution in [-0.4, -0.2) is 43.5 Å². The van der Waals surface area contributed by atoms with E-state index in [1.165, 1.54) is 25.8 Å². The van der Waals surface area contributed by atoms with E-state index in [-0.39, 0.29) is 5.92 Å². The van der Waals surface area contributed by atoms with Crippen molar-refractivity contribution in [3.63, 3.8) is 0 Å². The molecule has 4 nitrogen and oxygen atoms in total. The molecule has 1 saturated carbocycles. The molecule has 3 N–H and O–H groups in total. The largest absolute Gasteiger partial charge is 0.356 e. The zero-order valence-corrected chi connectivity index (χ0v) is 12.9. The van der Waals surface area contributed by atoms with E-state index in [0.29, 0.717) is 17.7 Å². The summed E-state index contributed by atoms with van der Waals surface area (Å²) in [7, 11) is 0. The summed E-state index contributed by atoms with van der Waals surface area (Å²) in [5.41, 5.74) is 5.64. The number of rotatable bonds is 6. The molecule has 0 aromatic heterocycles. The van der Waals surface area contributed by atoms with Crippen LogP contribution in [0.15, 0.2) is 0 Å². The monoisotopic (exact) mass is 281 g/mol. The first kappa shape index (κ1) is 15.8. The average molecular weight is 281 g/mol. The zero-order valence-electron chi connectivity index (χ0n) is 12.9. The van der Waals surface area contributed by atoms with Crippen molar-refractivity contribution >= 4 is 5.91 Å². The van der Waals surface area contributed by atoms with E-state index in [2.05, 4.69) is 17.1 Å². The van der Waals surface area contributed by atoms with Crippen molar-refractivity contribution < 1.29 is 4.79 Å². The molecule has 0 spiro atoms. The van der Waals surface area contributed by atoms with Gasteiger partial charge in [-0.1, -0.05) is 19.8 Å². The number of nitrogens with one attached hydrogen (secondary N) is 1. The predicted molar refractivity (Wildman–Crippen MR) is 82.4 cm³/mol. The van der Waals surface area contributed by atoms with Crippen molar-refractivity contribution in [1.29, 1.82) is 0 Å². The maximum absolute atomic E-state index is 12.3. The SMILES string of the molecule is CCN1CCC(CNC(=O)C2CCCC(CCN)C2)C1. The van der Waals surface area contributed by atoms with E-state index < -0.39 is 0 Å². The predicted octanol–water partition coefficient (Wildman–Crippen LogP) is 1.60. The Bertz CT molecular complexity index is 306. The lowest BCUT2D eigenvalue weighted by Crippen LogP contribution is -2.37. The molecular formula is C16H31N3O. The lowest BCUT2D eigenvalue weighted by atomic mass is 9.79. The van der Waals surface area contributed by atoms with E-state index in [1.54, 1.807) is 0 Å². The van der Waals surface area contributed by atoms with Gasteiger partial charge in [0.2, 0.25) is 5.91 Å². The molecule has 1 aliphatic heterocycles. The van der Waals surface area contributed by atoms with Gasteiger partial charge < -0.3 is 16.0 Å². The molecule has 3 atom stereocenters. The van der Waals surface area contributed by atoms with Crippen LogP contribution in [0.1, 0.15) is 45.4 Å². The summed E-state index contributed by atoms with van der Waals surface area (Å²) in [4.78, 5) is 14.8. The molecular weight excluding hydrogens is 250 g/mol. The van der Waals surface area contributed by atoms with Crippen LogP contribution in [0.3, 0.4) is 0 Å². The fraction of sp³-hybridized carbons (Fsp3) is 0.938. The molecule has 0 aromatic rings. The molecule has 116 valence electrons. The molecule has 0 radical (unpaired) electrons. The number of hydrogen-bond acceptors (Lipinski definition) is 3. The quantitative estimate of drug-likeness (QED) is 0.777. The van der Waals surface area contributed by atoms with Gasteiger partial charge in [0.05, 0.1) is 0 Å². The summed E-state index contributed by atoms with van der Waals surface area (Å²) in [5.74, 6) is 1.86. The molecule has 2 aliphatic rings. The number of hydrogen-bond donors (Lipinski definition) is 2. The van der Waals surface area contributed by atoms with Gasteiger partial charge in [-0.3, -0.25) is 4.79 Å². The Morgan fingerprint density at radius 2 is 2.15 bits per heavy atom. The van der Waals surface area contributed by atoms with Gasteiger partial charge in [-0.25, -0.2) is 0 Å². The lowest BCUT2D eigenvalue weighted by Gasteiger charge is -2.28. The normalized spacial score (nSPS) is 31.4. The first-order valence-corrected chi connectivity index (χ1v) is 8.43. The maximum atomic E-state index is 12.3. The first-order chi connectivity index (χ1) is 9.72. The van der Waals surface area contributed by atoms with Gasteiger partial charge in [0.15, 0.2) is 0 Å². The van der Waals surface area contributed by atoms with E-state index in [9.17, 15) is 4.79 Å². The lowest BCUT2D eigenvalue weighted by molar-refractivity contribution is -0.126.